The van der Waals surface area contributed by atoms with Crippen LogP contribution in [0.2, 0.25) is 0 Å². The third-order valence-corrected chi connectivity index (χ3v) is 5.73. The third-order valence-electron chi connectivity index (χ3n) is 5.73. The highest BCUT2D eigenvalue weighted by molar-refractivity contribution is 5.74. The summed E-state index contributed by atoms with van der Waals surface area (Å²) >= 11 is 0. The Hall–Kier alpha value is -0.770. The number of likely N-dealkylation sites (tertiary alicyclic amines) is 1. The first-order chi connectivity index (χ1) is 10.1. The topological polar surface area (TPSA) is 35.6 Å². The lowest BCUT2D eigenvalue weighted by atomic mass is 10.1. The number of nitrogens with one attached hydrogen (secondary N) is 1. The molecule has 3 fully saturated rings. The van der Waals surface area contributed by atoms with E-state index in [-0.39, 0.29) is 6.03 Å². The molecule has 4 heteroatoms. The normalized spacial score (nSPS) is 31.3. The van der Waals surface area contributed by atoms with Crippen LogP contribution < -0.4 is 5.32 Å². The number of nitrogens with zero attached hydrogens (tertiary/aromatic N) is 2. The molecule has 4 nitrogen and oxygen atoms in total. The van der Waals surface area contributed by atoms with Crippen LogP contribution in [-0.4, -0.2) is 53.6 Å². The van der Waals surface area contributed by atoms with E-state index < -0.39 is 0 Å². The Morgan fingerprint density at radius 2 is 1.81 bits per heavy atom. The molecule has 3 aliphatic rings. The average molecular weight is 293 g/mol. The number of rotatable bonds is 4. The first-order valence-corrected chi connectivity index (χ1v) is 8.86. The van der Waals surface area contributed by atoms with E-state index in [0.29, 0.717) is 24.0 Å². The van der Waals surface area contributed by atoms with Crippen LogP contribution in [-0.2, 0) is 0 Å². The summed E-state index contributed by atoms with van der Waals surface area (Å²) in [6.07, 6.45) is 6.42. The quantitative estimate of drug-likeness (QED) is 0.865. The van der Waals surface area contributed by atoms with Gasteiger partial charge in [0.15, 0.2) is 0 Å². The van der Waals surface area contributed by atoms with Gasteiger partial charge in [-0.25, -0.2) is 4.79 Å². The molecule has 0 unspecified atom stereocenters. The van der Waals surface area contributed by atoms with Gasteiger partial charge in [-0.1, -0.05) is 6.92 Å². The molecule has 2 bridgehead atoms. The molecule has 2 amide bonds. The van der Waals surface area contributed by atoms with Crippen LogP contribution in [0.1, 0.15) is 52.9 Å². The van der Waals surface area contributed by atoms with Gasteiger partial charge >= 0.3 is 6.03 Å². The first-order valence-electron chi connectivity index (χ1n) is 8.86. The summed E-state index contributed by atoms with van der Waals surface area (Å²) in [5.41, 5.74) is 0. The maximum absolute atomic E-state index is 12.4. The van der Waals surface area contributed by atoms with Crippen molar-refractivity contribution in [2.45, 2.75) is 71.0 Å². The van der Waals surface area contributed by atoms with Gasteiger partial charge in [-0.2, -0.15) is 0 Å². The Labute approximate surface area is 129 Å². The molecule has 0 aromatic heterocycles. The Balaban J connectivity index is 1.53. The lowest BCUT2D eigenvalue weighted by Crippen LogP contribution is -2.47. The van der Waals surface area contributed by atoms with Crippen LogP contribution in [0.3, 0.4) is 0 Å². The van der Waals surface area contributed by atoms with Gasteiger partial charge in [-0.05, 0) is 57.8 Å². The third kappa shape index (κ3) is 3.36. The van der Waals surface area contributed by atoms with E-state index in [2.05, 4.69) is 35.9 Å². The molecule has 0 aromatic rings. The molecule has 3 atom stereocenters. The second-order valence-electron chi connectivity index (χ2n) is 7.66. The summed E-state index contributed by atoms with van der Waals surface area (Å²) in [6.45, 7) is 9.54. The number of urea groups is 1. The molecule has 120 valence electrons. The van der Waals surface area contributed by atoms with Gasteiger partial charge in [0.25, 0.3) is 0 Å². The molecule has 2 aliphatic heterocycles. The monoisotopic (exact) mass is 293 g/mol. The molecular formula is C17H31N3O. The van der Waals surface area contributed by atoms with E-state index in [1.54, 1.807) is 0 Å². The van der Waals surface area contributed by atoms with Gasteiger partial charge < -0.3 is 10.2 Å². The minimum absolute atomic E-state index is 0.166. The van der Waals surface area contributed by atoms with Crippen LogP contribution >= 0.6 is 0 Å². The number of amides is 2. The van der Waals surface area contributed by atoms with Crippen LogP contribution in [0.5, 0.6) is 0 Å². The van der Waals surface area contributed by atoms with Crippen molar-refractivity contribution in [1.29, 1.82) is 0 Å². The van der Waals surface area contributed by atoms with Crippen molar-refractivity contribution >= 4 is 6.03 Å². The van der Waals surface area contributed by atoms with Gasteiger partial charge in [0, 0.05) is 37.8 Å². The Bertz CT molecular complexity index is 380. The fourth-order valence-corrected chi connectivity index (χ4v) is 4.33. The van der Waals surface area contributed by atoms with Crippen molar-refractivity contribution in [3.63, 3.8) is 0 Å². The molecular weight excluding hydrogens is 262 g/mol. The minimum Gasteiger partial charge on any atom is -0.338 e. The standard InChI is InChI=1S/C17H31N3O/c1-12(2)20-15-6-7-16(20)11-19(9-8-15)17(21)18-10-13(3)14-4-5-14/h12-16H,4-11H2,1-3H3,(H,18,21)/t13-,15+,16-/m0/s1. The average Bonchev–Trinajstić information content (AvgIpc) is 3.21. The number of carbonyl (C=O) groups is 1. The van der Waals surface area contributed by atoms with E-state index >= 15 is 0 Å². The van der Waals surface area contributed by atoms with Crippen LogP contribution in [0.4, 0.5) is 4.79 Å². The molecule has 0 radical (unpaired) electrons. The largest absolute Gasteiger partial charge is 0.338 e. The molecule has 1 N–H and O–H groups in total. The van der Waals surface area contributed by atoms with Crippen molar-refractivity contribution in [2.75, 3.05) is 19.6 Å². The SMILES string of the molecule is CC(C)N1[C@@H]2CC[C@H]1CN(C(=O)NC[C@H](C)C1CC1)CC2. The Kier molecular flexibility index (Phi) is 4.43. The van der Waals surface area contributed by atoms with Gasteiger partial charge in [-0.3, -0.25) is 4.90 Å². The summed E-state index contributed by atoms with van der Waals surface area (Å²) in [6, 6.07) is 2.03. The predicted molar refractivity (Wildman–Crippen MR) is 85.3 cm³/mol. The van der Waals surface area contributed by atoms with Gasteiger partial charge in [-0.15, -0.1) is 0 Å². The van der Waals surface area contributed by atoms with E-state index in [1.807, 2.05) is 0 Å². The van der Waals surface area contributed by atoms with Crippen molar-refractivity contribution < 1.29 is 4.79 Å². The highest BCUT2D eigenvalue weighted by atomic mass is 16.2. The van der Waals surface area contributed by atoms with Crippen molar-refractivity contribution in [2.24, 2.45) is 11.8 Å². The Morgan fingerprint density at radius 3 is 2.48 bits per heavy atom. The van der Waals surface area contributed by atoms with Gasteiger partial charge in [0.1, 0.15) is 0 Å². The lowest BCUT2D eigenvalue weighted by Gasteiger charge is -2.32. The van der Waals surface area contributed by atoms with E-state index in [4.69, 9.17) is 0 Å². The fraction of sp³-hybridized carbons (Fsp3) is 0.941. The number of hydrogen-bond donors (Lipinski definition) is 1. The number of carbonyl (C=O) groups excluding carboxylic acids is 1. The second-order valence-corrected chi connectivity index (χ2v) is 7.66. The molecule has 2 heterocycles. The summed E-state index contributed by atoms with van der Waals surface area (Å²) in [4.78, 5) is 17.2. The lowest BCUT2D eigenvalue weighted by molar-refractivity contribution is 0.147. The molecule has 2 saturated heterocycles. The smallest absolute Gasteiger partial charge is 0.317 e. The Morgan fingerprint density at radius 1 is 1.10 bits per heavy atom. The zero-order valence-electron chi connectivity index (χ0n) is 13.8. The summed E-state index contributed by atoms with van der Waals surface area (Å²) in [7, 11) is 0. The van der Waals surface area contributed by atoms with Crippen LogP contribution in [0, 0.1) is 11.8 Å². The summed E-state index contributed by atoms with van der Waals surface area (Å²) < 4.78 is 0. The molecule has 1 saturated carbocycles. The van der Waals surface area contributed by atoms with Crippen molar-refractivity contribution in [1.82, 2.24) is 15.1 Å². The zero-order valence-corrected chi connectivity index (χ0v) is 13.8. The highest BCUT2D eigenvalue weighted by Gasteiger charge is 2.39. The zero-order chi connectivity index (χ0) is 15.0. The summed E-state index contributed by atoms with van der Waals surface area (Å²) in [5.74, 6) is 1.51. The fourth-order valence-electron chi connectivity index (χ4n) is 4.33. The molecule has 0 aromatic carbocycles. The van der Waals surface area contributed by atoms with Crippen molar-refractivity contribution in [3.8, 4) is 0 Å². The maximum atomic E-state index is 12.4. The predicted octanol–water partition coefficient (Wildman–Crippen LogP) is 2.69. The van der Waals surface area contributed by atoms with Crippen molar-refractivity contribution in [3.05, 3.63) is 0 Å². The first kappa shape index (κ1) is 15.1. The van der Waals surface area contributed by atoms with E-state index in [1.165, 1.54) is 25.7 Å². The maximum Gasteiger partial charge on any atom is 0.317 e. The molecule has 21 heavy (non-hydrogen) atoms. The highest BCUT2D eigenvalue weighted by Crippen LogP contribution is 2.36. The minimum atomic E-state index is 0.166. The molecule has 3 rings (SSSR count). The second kappa shape index (κ2) is 6.15. The van der Waals surface area contributed by atoms with Gasteiger partial charge in [0.05, 0.1) is 0 Å². The van der Waals surface area contributed by atoms with Crippen LogP contribution in [0.25, 0.3) is 0 Å². The number of hydrogen-bond acceptors (Lipinski definition) is 2. The summed E-state index contributed by atoms with van der Waals surface area (Å²) in [5, 5.41) is 3.17. The van der Waals surface area contributed by atoms with Crippen LogP contribution in [0.15, 0.2) is 0 Å². The van der Waals surface area contributed by atoms with E-state index in [0.717, 1.165) is 32.0 Å². The van der Waals surface area contributed by atoms with E-state index in [9.17, 15) is 4.79 Å². The molecule has 0 spiro atoms. The number of fused-ring (bicyclic) bond motifs is 2. The molecule has 1 aliphatic carbocycles. The van der Waals surface area contributed by atoms with Gasteiger partial charge in [0.2, 0.25) is 0 Å².